The standard InChI is InChI=1S/C24H29F3N2O3/c1-18(30)5-6-19-7-9-23(10-8-19)32-17-22(31)16-28-11-13-29(14-12-28)21-4-2-3-20(15-21)24(25,26)27/h2-4,7-10,15,22,31H,5-6,11-14,16-17H2,1H3. The molecule has 1 aliphatic heterocycles. The van der Waals surface area contributed by atoms with Crippen LogP contribution in [-0.4, -0.2) is 61.2 Å². The zero-order chi connectivity index (χ0) is 23.1. The molecule has 1 atom stereocenters. The first kappa shape index (κ1) is 24.1. The number of rotatable bonds is 9. The van der Waals surface area contributed by atoms with E-state index in [1.165, 1.54) is 12.1 Å². The van der Waals surface area contributed by atoms with Gasteiger partial charge in [0.2, 0.25) is 0 Å². The molecule has 1 fully saturated rings. The van der Waals surface area contributed by atoms with Crippen LogP contribution in [0.25, 0.3) is 0 Å². The van der Waals surface area contributed by atoms with E-state index in [4.69, 9.17) is 4.74 Å². The van der Waals surface area contributed by atoms with Gasteiger partial charge in [-0.15, -0.1) is 0 Å². The van der Waals surface area contributed by atoms with Crippen molar-refractivity contribution in [1.29, 1.82) is 0 Å². The molecule has 8 heteroatoms. The molecule has 2 aromatic carbocycles. The number of nitrogens with zero attached hydrogens (tertiary/aromatic N) is 2. The van der Waals surface area contributed by atoms with E-state index < -0.39 is 17.8 Å². The Morgan fingerprint density at radius 1 is 1.09 bits per heavy atom. The third-order valence-electron chi connectivity index (χ3n) is 5.51. The quantitative estimate of drug-likeness (QED) is 0.630. The summed E-state index contributed by atoms with van der Waals surface area (Å²) < 4.78 is 44.5. The van der Waals surface area contributed by atoms with Crippen LogP contribution in [0.15, 0.2) is 48.5 Å². The van der Waals surface area contributed by atoms with Gasteiger partial charge in [-0.25, -0.2) is 0 Å². The molecule has 1 heterocycles. The summed E-state index contributed by atoms with van der Waals surface area (Å²) in [6.45, 7) is 4.65. The molecule has 1 N–H and O–H groups in total. The number of aryl methyl sites for hydroxylation is 1. The van der Waals surface area contributed by atoms with Crippen LogP contribution < -0.4 is 9.64 Å². The van der Waals surface area contributed by atoms with E-state index in [9.17, 15) is 23.1 Å². The van der Waals surface area contributed by atoms with Gasteiger partial charge in [-0.2, -0.15) is 13.2 Å². The van der Waals surface area contributed by atoms with Crippen LogP contribution >= 0.6 is 0 Å². The molecule has 5 nitrogen and oxygen atoms in total. The van der Waals surface area contributed by atoms with Gasteiger partial charge in [0.15, 0.2) is 0 Å². The number of Topliss-reactive ketones (excluding diaryl/α,β-unsaturated/α-hetero) is 1. The third-order valence-corrected chi connectivity index (χ3v) is 5.51. The summed E-state index contributed by atoms with van der Waals surface area (Å²) >= 11 is 0. The summed E-state index contributed by atoms with van der Waals surface area (Å²) in [7, 11) is 0. The number of ketones is 1. The molecule has 1 aliphatic rings. The van der Waals surface area contributed by atoms with Crippen molar-refractivity contribution in [3.05, 3.63) is 59.7 Å². The number of aliphatic hydroxyl groups is 1. The van der Waals surface area contributed by atoms with Crippen LogP contribution in [0.2, 0.25) is 0 Å². The van der Waals surface area contributed by atoms with E-state index in [0.29, 0.717) is 57.0 Å². The molecule has 2 aromatic rings. The molecule has 174 valence electrons. The Kier molecular flexibility index (Phi) is 8.15. The number of aliphatic hydroxyl groups excluding tert-OH is 1. The summed E-state index contributed by atoms with van der Waals surface area (Å²) in [5, 5.41) is 10.3. The number of benzene rings is 2. The lowest BCUT2D eigenvalue weighted by Crippen LogP contribution is -2.49. The Labute approximate surface area is 186 Å². The van der Waals surface area contributed by atoms with Gasteiger partial charge in [-0.05, 0) is 49.2 Å². The number of anilines is 1. The normalized spacial score (nSPS) is 16.1. The maximum Gasteiger partial charge on any atom is 0.416 e. The highest BCUT2D eigenvalue weighted by atomic mass is 19.4. The lowest BCUT2D eigenvalue weighted by molar-refractivity contribution is -0.137. The zero-order valence-corrected chi connectivity index (χ0v) is 18.1. The Hall–Kier alpha value is -2.58. The van der Waals surface area contributed by atoms with Crippen LogP contribution in [0, 0.1) is 0 Å². The van der Waals surface area contributed by atoms with Gasteiger partial charge in [0.05, 0.1) is 5.56 Å². The Morgan fingerprint density at radius 3 is 2.41 bits per heavy atom. The fourth-order valence-electron chi connectivity index (χ4n) is 3.68. The number of carbonyl (C=O) groups excluding carboxylic acids is 1. The second-order valence-corrected chi connectivity index (χ2v) is 8.15. The average Bonchev–Trinajstić information content (AvgIpc) is 2.77. The fourth-order valence-corrected chi connectivity index (χ4v) is 3.68. The highest BCUT2D eigenvalue weighted by Gasteiger charge is 2.31. The van der Waals surface area contributed by atoms with Crippen molar-refractivity contribution in [2.75, 3.05) is 44.2 Å². The van der Waals surface area contributed by atoms with Crippen molar-refractivity contribution in [3.63, 3.8) is 0 Å². The number of hydrogen-bond donors (Lipinski definition) is 1. The molecule has 0 amide bonds. The summed E-state index contributed by atoms with van der Waals surface area (Å²) in [5.74, 6) is 0.814. The summed E-state index contributed by atoms with van der Waals surface area (Å²) in [6, 6.07) is 12.9. The van der Waals surface area contributed by atoms with Gasteiger partial charge in [0.1, 0.15) is 24.2 Å². The highest BCUT2D eigenvalue weighted by Crippen LogP contribution is 2.31. The minimum absolute atomic E-state index is 0.153. The largest absolute Gasteiger partial charge is 0.491 e. The van der Waals surface area contributed by atoms with Gasteiger partial charge < -0.3 is 19.5 Å². The number of ether oxygens (including phenoxy) is 1. The lowest BCUT2D eigenvalue weighted by atomic mass is 10.1. The van der Waals surface area contributed by atoms with E-state index >= 15 is 0 Å². The van der Waals surface area contributed by atoms with Crippen molar-refractivity contribution in [2.45, 2.75) is 32.0 Å². The van der Waals surface area contributed by atoms with E-state index in [-0.39, 0.29) is 12.4 Å². The van der Waals surface area contributed by atoms with Gasteiger partial charge >= 0.3 is 6.18 Å². The smallest absolute Gasteiger partial charge is 0.416 e. The molecule has 0 bridgehead atoms. The van der Waals surface area contributed by atoms with E-state index in [2.05, 4.69) is 4.90 Å². The minimum atomic E-state index is -4.35. The van der Waals surface area contributed by atoms with Gasteiger partial charge in [-0.1, -0.05) is 18.2 Å². The van der Waals surface area contributed by atoms with E-state index in [1.54, 1.807) is 13.0 Å². The summed E-state index contributed by atoms with van der Waals surface area (Å²) in [6.07, 6.45) is -3.81. The number of alkyl halides is 3. The van der Waals surface area contributed by atoms with Crippen molar-refractivity contribution in [2.24, 2.45) is 0 Å². The van der Waals surface area contributed by atoms with E-state index in [0.717, 1.165) is 11.6 Å². The van der Waals surface area contributed by atoms with E-state index in [1.807, 2.05) is 29.2 Å². The maximum absolute atomic E-state index is 12.9. The van der Waals surface area contributed by atoms with Gasteiger partial charge in [0, 0.05) is 44.8 Å². The molecule has 3 rings (SSSR count). The van der Waals surface area contributed by atoms with Crippen LogP contribution in [-0.2, 0) is 17.4 Å². The monoisotopic (exact) mass is 450 g/mol. The van der Waals surface area contributed by atoms with Crippen LogP contribution in [0.5, 0.6) is 5.75 Å². The number of halogens is 3. The number of hydrogen-bond acceptors (Lipinski definition) is 5. The SMILES string of the molecule is CC(=O)CCc1ccc(OCC(O)CN2CCN(c3cccc(C(F)(F)F)c3)CC2)cc1. The third kappa shape index (κ3) is 7.24. The average molecular weight is 451 g/mol. The molecule has 0 aliphatic carbocycles. The molecule has 0 spiro atoms. The number of piperazine rings is 1. The van der Waals surface area contributed by atoms with Gasteiger partial charge in [-0.3, -0.25) is 4.90 Å². The fraction of sp³-hybridized carbons (Fsp3) is 0.458. The predicted molar refractivity (Wildman–Crippen MR) is 117 cm³/mol. The van der Waals surface area contributed by atoms with Crippen molar-refractivity contribution in [1.82, 2.24) is 4.90 Å². The van der Waals surface area contributed by atoms with Crippen LogP contribution in [0.1, 0.15) is 24.5 Å². The second-order valence-electron chi connectivity index (χ2n) is 8.15. The number of carbonyl (C=O) groups is 1. The first-order valence-electron chi connectivity index (χ1n) is 10.7. The topological polar surface area (TPSA) is 53.0 Å². The minimum Gasteiger partial charge on any atom is -0.491 e. The highest BCUT2D eigenvalue weighted by molar-refractivity contribution is 5.75. The predicted octanol–water partition coefficient (Wildman–Crippen LogP) is 3.79. The molecule has 32 heavy (non-hydrogen) atoms. The van der Waals surface area contributed by atoms with Crippen LogP contribution in [0.3, 0.4) is 0 Å². The van der Waals surface area contributed by atoms with Gasteiger partial charge in [0.25, 0.3) is 0 Å². The molecule has 1 unspecified atom stereocenters. The van der Waals surface area contributed by atoms with Crippen molar-refractivity contribution < 1.29 is 27.8 Å². The molecule has 1 saturated heterocycles. The zero-order valence-electron chi connectivity index (χ0n) is 18.1. The molecule has 0 radical (unpaired) electrons. The Bertz CT molecular complexity index is 879. The van der Waals surface area contributed by atoms with Crippen molar-refractivity contribution >= 4 is 11.5 Å². The molecular weight excluding hydrogens is 421 g/mol. The summed E-state index contributed by atoms with van der Waals surface area (Å²) in [4.78, 5) is 15.1. The number of β-amino-alcohol motifs (C(OH)–C–C–N with tert-alkyl or cyclic N) is 1. The molecular formula is C24H29F3N2O3. The lowest BCUT2D eigenvalue weighted by Gasteiger charge is -2.37. The van der Waals surface area contributed by atoms with Crippen molar-refractivity contribution in [3.8, 4) is 5.75 Å². The Balaban J connectivity index is 1.41. The summed E-state index contributed by atoms with van der Waals surface area (Å²) in [5.41, 5.74) is 0.985. The first-order valence-corrected chi connectivity index (χ1v) is 10.7. The first-order chi connectivity index (χ1) is 15.2. The molecule has 0 aromatic heterocycles. The van der Waals surface area contributed by atoms with Crippen LogP contribution in [0.4, 0.5) is 18.9 Å². The molecule has 0 saturated carbocycles. The second kappa shape index (κ2) is 10.8. The Morgan fingerprint density at radius 2 is 1.78 bits per heavy atom. The maximum atomic E-state index is 12.9.